The van der Waals surface area contributed by atoms with E-state index in [1.807, 2.05) is 0 Å². The van der Waals surface area contributed by atoms with Crippen LogP contribution in [-0.2, 0) is 32.3 Å². The van der Waals surface area contributed by atoms with Crippen LogP contribution >= 0.6 is 0 Å². The minimum Gasteiger partial charge on any atom is -0.508 e. The summed E-state index contributed by atoms with van der Waals surface area (Å²) in [5, 5.41) is 9.53. The topological polar surface area (TPSA) is 72.8 Å². The highest BCUT2D eigenvalue weighted by Gasteiger charge is 2.05. The number of phenols is 1. The second-order valence-electron chi connectivity index (χ2n) is 3.52. The normalized spacial score (nSPS) is 9.76. The van der Waals surface area contributed by atoms with Crippen molar-refractivity contribution >= 4 is 11.9 Å². The van der Waals surface area contributed by atoms with E-state index in [4.69, 9.17) is 9.47 Å². The molecule has 1 aromatic rings. The van der Waals surface area contributed by atoms with Gasteiger partial charge in [0.15, 0.2) is 0 Å². The van der Waals surface area contributed by atoms with Crippen molar-refractivity contribution in [1.29, 1.82) is 0 Å². The number of carbonyl (C=O) groups excluding carboxylic acids is 2. The molecule has 0 unspecified atom stereocenters. The van der Waals surface area contributed by atoms with Crippen LogP contribution in [0.25, 0.3) is 0 Å². The van der Waals surface area contributed by atoms with E-state index in [1.54, 1.807) is 12.1 Å². The van der Waals surface area contributed by atoms with Crippen LogP contribution in [0, 0.1) is 0 Å². The van der Waals surface area contributed by atoms with Gasteiger partial charge in [-0.15, -0.1) is 0 Å². The van der Waals surface area contributed by atoms with Gasteiger partial charge < -0.3 is 14.6 Å². The van der Waals surface area contributed by atoms with Gasteiger partial charge in [0.25, 0.3) is 0 Å². The number of carbonyl (C=O) groups is 2. The Kier molecular flexibility index (Phi) is 4.51. The lowest BCUT2D eigenvalue weighted by Gasteiger charge is -2.08. The number of hydrogen-bond donors (Lipinski definition) is 1. The predicted molar refractivity (Wildman–Crippen MR) is 59.0 cm³/mol. The molecule has 17 heavy (non-hydrogen) atoms. The minimum absolute atomic E-state index is 0.00488. The Morgan fingerprint density at radius 3 is 2.29 bits per heavy atom. The van der Waals surface area contributed by atoms with Crippen molar-refractivity contribution in [3.8, 4) is 5.75 Å². The summed E-state index contributed by atoms with van der Waals surface area (Å²) >= 11 is 0. The fourth-order valence-corrected chi connectivity index (χ4v) is 1.21. The molecule has 0 fully saturated rings. The van der Waals surface area contributed by atoms with Gasteiger partial charge in [0.1, 0.15) is 19.0 Å². The first-order chi connectivity index (χ1) is 7.99. The molecular formula is C12H14O5. The van der Waals surface area contributed by atoms with Gasteiger partial charge in [0, 0.05) is 19.4 Å². The van der Waals surface area contributed by atoms with Crippen molar-refractivity contribution in [1.82, 2.24) is 0 Å². The molecule has 1 rings (SSSR count). The molecule has 0 radical (unpaired) electrons. The molecule has 1 N–H and O–H groups in total. The second kappa shape index (κ2) is 5.89. The van der Waals surface area contributed by atoms with E-state index in [0.717, 1.165) is 5.56 Å². The van der Waals surface area contributed by atoms with Gasteiger partial charge in [0.2, 0.25) is 0 Å². The van der Waals surface area contributed by atoms with Crippen LogP contribution in [0.1, 0.15) is 25.0 Å². The second-order valence-corrected chi connectivity index (χ2v) is 3.52. The first kappa shape index (κ1) is 13.0. The summed E-state index contributed by atoms with van der Waals surface area (Å²) in [4.78, 5) is 21.3. The smallest absolute Gasteiger partial charge is 0.302 e. The molecule has 0 atom stereocenters. The summed E-state index contributed by atoms with van der Waals surface area (Å²) in [6, 6.07) is 4.73. The lowest BCUT2D eigenvalue weighted by Crippen LogP contribution is -2.02. The SMILES string of the molecule is CC(=O)OCc1ccc(O)c(COC(C)=O)c1. The Morgan fingerprint density at radius 1 is 1.12 bits per heavy atom. The Balaban J connectivity index is 2.71. The van der Waals surface area contributed by atoms with Crippen LogP contribution < -0.4 is 0 Å². The van der Waals surface area contributed by atoms with Gasteiger partial charge in [-0.05, 0) is 17.7 Å². The summed E-state index contributed by atoms with van der Waals surface area (Å²) < 4.78 is 9.60. The molecule has 1 aromatic carbocycles. The van der Waals surface area contributed by atoms with Crippen molar-refractivity contribution in [2.24, 2.45) is 0 Å². The van der Waals surface area contributed by atoms with Crippen LogP contribution in [0.3, 0.4) is 0 Å². The lowest BCUT2D eigenvalue weighted by atomic mass is 10.1. The maximum absolute atomic E-state index is 10.7. The summed E-state index contributed by atoms with van der Waals surface area (Å²) in [6.45, 7) is 2.73. The fraction of sp³-hybridized carbons (Fsp3) is 0.333. The molecule has 0 spiro atoms. The van der Waals surface area contributed by atoms with Gasteiger partial charge in [-0.1, -0.05) is 6.07 Å². The summed E-state index contributed by atoms with van der Waals surface area (Å²) in [5.41, 5.74) is 1.20. The highest BCUT2D eigenvalue weighted by Crippen LogP contribution is 2.20. The molecule has 5 heteroatoms. The van der Waals surface area contributed by atoms with E-state index in [9.17, 15) is 14.7 Å². The first-order valence-corrected chi connectivity index (χ1v) is 5.06. The quantitative estimate of drug-likeness (QED) is 0.805. The number of phenolic OH excluding ortho intramolecular Hbond substituents is 1. The Labute approximate surface area is 99.0 Å². The van der Waals surface area contributed by atoms with E-state index in [2.05, 4.69) is 0 Å². The molecule has 0 aliphatic carbocycles. The van der Waals surface area contributed by atoms with Crippen LogP contribution in [0.15, 0.2) is 18.2 Å². The van der Waals surface area contributed by atoms with Crippen molar-refractivity contribution in [2.45, 2.75) is 27.1 Å². The third-order valence-corrected chi connectivity index (χ3v) is 2.02. The van der Waals surface area contributed by atoms with Gasteiger partial charge in [-0.3, -0.25) is 9.59 Å². The molecule has 92 valence electrons. The van der Waals surface area contributed by atoms with Crippen LogP contribution in [-0.4, -0.2) is 17.0 Å². The van der Waals surface area contributed by atoms with Gasteiger partial charge in [-0.25, -0.2) is 0 Å². The average Bonchev–Trinajstić information content (AvgIpc) is 2.26. The van der Waals surface area contributed by atoms with Crippen LogP contribution in [0.5, 0.6) is 5.75 Å². The number of benzene rings is 1. The number of aromatic hydroxyl groups is 1. The molecular weight excluding hydrogens is 224 g/mol. The monoisotopic (exact) mass is 238 g/mol. The Morgan fingerprint density at radius 2 is 1.71 bits per heavy atom. The first-order valence-electron chi connectivity index (χ1n) is 5.06. The molecule has 5 nitrogen and oxygen atoms in total. The van der Waals surface area contributed by atoms with E-state index < -0.39 is 5.97 Å². The molecule has 0 aromatic heterocycles. The van der Waals surface area contributed by atoms with E-state index in [0.29, 0.717) is 5.56 Å². The standard InChI is InChI=1S/C12H14O5/c1-8(13)16-6-10-3-4-12(15)11(5-10)7-17-9(2)14/h3-5,15H,6-7H2,1-2H3. The predicted octanol–water partition coefficient (Wildman–Crippen LogP) is 1.52. The zero-order valence-corrected chi connectivity index (χ0v) is 9.73. The number of rotatable bonds is 4. The van der Waals surface area contributed by atoms with Crippen LogP contribution in [0.2, 0.25) is 0 Å². The maximum Gasteiger partial charge on any atom is 0.302 e. The lowest BCUT2D eigenvalue weighted by molar-refractivity contribution is -0.143. The maximum atomic E-state index is 10.7. The largest absolute Gasteiger partial charge is 0.508 e. The molecule has 0 saturated heterocycles. The third kappa shape index (κ3) is 4.55. The molecule has 0 aliphatic rings. The van der Waals surface area contributed by atoms with Crippen molar-refractivity contribution in [2.75, 3.05) is 0 Å². The Hall–Kier alpha value is -2.04. The minimum atomic E-state index is -0.421. The number of ether oxygens (including phenoxy) is 2. The highest BCUT2D eigenvalue weighted by atomic mass is 16.5. The Bertz CT molecular complexity index is 425. The average molecular weight is 238 g/mol. The van der Waals surface area contributed by atoms with Gasteiger partial charge >= 0.3 is 11.9 Å². The van der Waals surface area contributed by atoms with E-state index in [1.165, 1.54) is 19.9 Å². The van der Waals surface area contributed by atoms with Gasteiger partial charge in [-0.2, -0.15) is 0 Å². The third-order valence-electron chi connectivity index (χ3n) is 2.02. The van der Waals surface area contributed by atoms with Crippen molar-refractivity contribution in [3.05, 3.63) is 29.3 Å². The summed E-state index contributed by atoms with van der Waals surface area (Å²) in [7, 11) is 0. The van der Waals surface area contributed by atoms with Gasteiger partial charge in [0.05, 0.1) is 0 Å². The number of hydrogen-bond acceptors (Lipinski definition) is 5. The van der Waals surface area contributed by atoms with E-state index >= 15 is 0 Å². The number of esters is 2. The molecule has 0 aliphatic heterocycles. The zero-order chi connectivity index (χ0) is 12.8. The van der Waals surface area contributed by atoms with Crippen LogP contribution in [0.4, 0.5) is 0 Å². The zero-order valence-electron chi connectivity index (χ0n) is 9.73. The molecule has 0 bridgehead atoms. The fourth-order valence-electron chi connectivity index (χ4n) is 1.21. The van der Waals surface area contributed by atoms with Crippen molar-refractivity contribution < 1.29 is 24.2 Å². The molecule has 0 amide bonds. The van der Waals surface area contributed by atoms with Crippen molar-refractivity contribution in [3.63, 3.8) is 0 Å². The van der Waals surface area contributed by atoms with E-state index in [-0.39, 0.29) is 24.9 Å². The summed E-state index contributed by atoms with van der Waals surface area (Å²) in [5.74, 6) is -0.757. The molecule has 0 saturated carbocycles. The molecule has 0 heterocycles. The summed E-state index contributed by atoms with van der Waals surface area (Å²) in [6.07, 6.45) is 0. The highest BCUT2D eigenvalue weighted by molar-refractivity contribution is 5.66.